The van der Waals surface area contributed by atoms with Crippen LogP contribution in [-0.2, 0) is 0 Å². The third-order valence-electron chi connectivity index (χ3n) is 4.20. The van der Waals surface area contributed by atoms with E-state index in [0.29, 0.717) is 11.7 Å². The monoisotopic (exact) mass is 321 g/mol. The predicted molar refractivity (Wildman–Crippen MR) is 101 cm³/mol. The first-order valence-electron chi connectivity index (χ1n) is 8.34. The van der Waals surface area contributed by atoms with Gasteiger partial charge in [0.1, 0.15) is 5.69 Å². The summed E-state index contributed by atoms with van der Waals surface area (Å²) in [5, 5.41) is 3.98. The van der Waals surface area contributed by atoms with E-state index in [1.54, 1.807) is 0 Å². The molecule has 0 radical (unpaired) electrons. The average molecular weight is 321 g/mol. The molecule has 0 fully saturated rings. The van der Waals surface area contributed by atoms with Crippen molar-refractivity contribution in [2.45, 2.75) is 26.8 Å². The number of hydrogen-bond acceptors (Lipinski definition) is 2. The highest BCUT2D eigenvalue weighted by Gasteiger charge is 2.11. The quantitative estimate of drug-likeness (QED) is 0.718. The van der Waals surface area contributed by atoms with Gasteiger partial charge in [0.15, 0.2) is 0 Å². The number of aromatic amines is 1. The summed E-state index contributed by atoms with van der Waals surface area (Å²) in [5.74, 6) is -0.129. The summed E-state index contributed by atoms with van der Waals surface area (Å²) >= 11 is 0. The van der Waals surface area contributed by atoms with Crippen molar-refractivity contribution in [2.24, 2.45) is 0 Å². The molecular formula is C20H23N3O. The lowest BCUT2D eigenvalue weighted by atomic mass is 10.2. The molecule has 0 bridgehead atoms. The Morgan fingerprint density at radius 3 is 2.46 bits per heavy atom. The van der Waals surface area contributed by atoms with Crippen LogP contribution in [0.2, 0.25) is 0 Å². The number of aromatic nitrogens is 1. The van der Waals surface area contributed by atoms with Crippen LogP contribution in [0.3, 0.4) is 0 Å². The van der Waals surface area contributed by atoms with Gasteiger partial charge in [-0.25, -0.2) is 0 Å². The maximum absolute atomic E-state index is 12.4. The Morgan fingerprint density at radius 1 is 1.12 bits per heavy atom. The standard InChI is InChI=1S/C20H23N3O/c1-4-23(14(2)3)17-11-9-16(10-12-17)21-20(24)19-13-15-7-5-6-8-18(15)22-19/h5-14,22H,4H2,1-3H3,(H,21,24). The Labute approximate surface area is 142 Å². The van der Waals surface area contributed by atoms with Crippen molar-refractivity contribution in [1.82, 2.24) is 4.98 Å². The molecule has 3 rings (SSSR count). The van der Waals surface area contributed by atoms with Crippen LogP contribution in [-0.4, -0.2) is 23.5 Å². The van der Waals surface area contributed by atoms with Crippen LogP contribution in [0.4, 0.5) is 11.4 Å². The number of H-pyrrole nitrogens is 1. The van der Waals surface area contributed by atoms with E-state index >= 15 is 0 Å². The molecule has 2 aromatic carbocycles. The zero-order valence-corrected chi connectivity index (χ0v) is 14.3. The fourth-order valence-electron chi connectivity index (χ4n) is 2.98. The molecule has 0 aliphatic rings. The Morgan fingerprint density at radius 2 is 1.83 bits per heavy atom. The molecule has 0 atom stereocenters. The molecule has 2 N–H and O–H groups in total. The van der Waals surface area contributed by atoms with Crippen LogP contribution in [0, 0.1) is 0 Å². The minimum absolute atomic E-state index is 0.129. The van der Waals surface area contributed by atoms with Crippen LogP contribution < -0.4 is 10.2 Å². The molecule has 0 unspecified atom stereocenters. The van der Waals surface area contributed by atoms with Gasteiger partial charge in [0.25, 0.3) is 5.91 Å². The van der Waals surface area contributed by atoms with Gasteiger partial charge < -0.3 is 15.2 Å². The molecule has 1 heterocycles. The van der Waals surface area contributed by atoms with E-state index < -0.39 is 0 Å². The molecule has 3 aromatic rings. The first-order valence-corrected chi connectivity index (χ1v) is 8.34. The number of benzene rings is 2. The number of rotatable bonds is 5. The minimum Gasteiger partial charge on any atom is -0.369 e. The second-order valence-corrected chi connectivity index (χ2v) is 6.15. The van der Waals surface area contributed by atoms with Crippen LogP contribution in [0.25, 0.3) is 10.9 Å². The highest BCUT2D eigenvalue weighted by Crippen LogP contribution is 2.21. The van der Waals surface area contributed by atoms with Crippen LogP contribution in [0.15, 0.2) is 54.6 Å². The fourth-order valence-corrected chi connectivity index (χ4v) is 2.98. The van der Waals surface area contributed by atoms with Crippen molar-refractivity contribution in [3.05, 3.63) is 60.3 Å². The smallest absolute Gasteiger partial charge is 0.272 e. The lowest BCUT2D eigenvalue weighted by Gasteiger charge is -2.27. The highest BCUT2D eigenvalue weighted by atomic mass is 16.1. The number of anilines is 2. The predicted octanol–water partition coefficient (Wildman–Crippen LogP) is 4.65. The van der Waals surface area contributed by atoms with Gasteiger partial charge in [-0.1, -0.05) is 18.2 Å². The number of amides is 1. The summed E-state index contributed by atoms with van der Waals surface area (Å²) in [4.78, 5) is 17.9. The maximum Gasteiger partial charge on any atom is 0.272 e. The van der Waals surface area contributed by atoms with E-state index in [4.69, 9.17) is 0 Å². The van der Waals surface area contributed by atoms with Gasteiger partial charge in [-0.15, -0.1) is 0 Å². The molecule has 4 heteroatoms. The Bertz CT molecular complexity index is 800. The van der Waals surface area contributed by atoms with Crippen molar-refractivity contribution >= 4 is 28.2 Å². The van der Waals surface area contributed by atoms with E-state index in [9.17, 15) is 4.79 Å². The Balaban J connectivity index is 1.74. The molecular weight excluding hydrogens is 298 g/mol. The van der Waals surface area contributed by atoms with E-state index in [1.807, 2.05) is 54.6 Å². The Hall–Kier alpha value is -2.75. The van der Waals surface area contributed by atoms with Gasteiger partial charge in [-0.3, -0.25) is 4.79 Å². The van der Waals surface area contributed by atoms with Crippen molar-refractivity contribution < 1.29 is 4.79 Å². The first kappa shape index (κ1) is 16.1. The van der Waals surface area contributed by atoms with Gasteiger partial charge in [-0.2, -0.15) is 0 Å². The molecule has 0 spiro atoms. The average Bonchev–Trinajstić information content (AvgIpc) is 3.01. The van der Waals surface area contributed by atoms with Crippen LogP contribution in [0.5, 0.6) is 0 Å². The van der Waals surface area contributed by atoms with Gasteiger partial charge in [0.05, 0.1) is 0 Å². The summed E-state index contributed by atoms with van der Waals surface area (Å²) in [7, 11) is 0. The summed E-state index contributed by atoms with van der Waals surface area (Å²) < 4.78 is 0. The van der Waals surface area contributed by atoms with Crippen molar-refractivity contribution in [3.63, 3.8) is 0 Å². The number of para-hydroxylation sites is 1. The lowest BCUT2D eigenvalue weighted by Crippen LogP contribution is -2.30. The molecule has 1 aromatic heterocycles. The van der Waals surface area contributed by atoms with Gasteiger partial charge in [0, 0.05) is 34.9 Å². The number of fused-ring (bicyclic) bond motifs is 1. The zero-order valence-electron chi connectivity index (χ0n) is 14.3. The van der Waals surface area contributed by atoms with Crippen molar-refractivity contribution in [3.8, 4) is 0 Å². The van der Waals surface area contributed by atoms with Gasteiger partial charge in [0.2, 0.25) is 0 Å². The molecule has 0 saturated heterocycles. The molecule has 1 amide bonds. The van der Waals surface area contributed by atoms with Crippen molar-refractivity contribution in [1.29, 1.82) is 0 Å². The van der Waals surface area contributed by atoms with E-state index in [0.717, 1.165) is 28.8 Å². The van der Waals surface area contributed by atoms with Gasteiger partial charge >= 0.3 is 0 Å². The number of carbonyl (C=O) groups is 1. The second kappa shape index (κ2) is 6.79. The van der Waals surface area contributed by atoms with Crippen molar-refractivity contribution in [2.75, 3.05) is 16.8 Å². The van der Waals surface area contributed by atoms with E-state index in [1.165, 1.54) is 0 Å². The summed E-state index contributed by atoms with van der Waals surface area (Å²) in [5.41, 5.74) is 3.49. The van der Waals surface area contributed by atoms with Gasteiger partial charge in [-0.05, 0) is 57.2 Å². The maximum atomic E-state index is 12.4. The molecule has 4 nitrogen and oxygen atoms in total. The largest absolute Gasteiger partial charge is 0.369 e. The van der Waals surface area contributed by atoms with E-state index in [2.05, 4.69) is 36.0 Å². The molecule has 124 valence electrons. The topological polar surface area (TPSA) is 48.1 Å². The zero-order chi connectivity index (χ0) is 17.1. The second-order valence-electron chi connectivity index (χ2n) is 6.15. The lowest BCUT2D eigenvalue weighted by molar-refractivity contribution is 0.102. The molecule has 0 aliphatic heterocycles. The number of hydrogen-bond donors (Lipinski definition) is 2. The molecule has 0 aliphatic carbocycles. The normalized spacial score (nSPS) is 11.0. The molecule has 24 heavy (non-hydrogen) atoms. The highest BCUT2D eigenvalue weighted by molar-refractivity contribution is 6.05. The Kier molecular flexibility index (Phi) is 4.56. The summed E-state index contributed by atoms with van der Waals surface area (Å²) in [6.07, 6.45) is 0. The van der Waals surface area contributed by atoms with E-state index in [-0.39, 0.29) is 5.91 Å². The SMILES string of the molecule is CCN(c1ccc(NC(=O)c2cc3ccccc3[nH]2)cc1)C(C)C. The number of nitrogens with zero attached hydrogens (tertiary/aromatic N) is 1. The third-order valence-corrected chi connectivity index (χ3v) is 4.20. The number of nitrogens with one attached hydrogen (secondary N) is 2. The summed E-state index contributed by atoms with van der Waals surface area (Å²) in [6, 6.07) is 18.2. The third kappa shape index (κ3) is 3.27. The fraction of sp³-hybridized carbons (Fsp3) is 0.250. The minimum atomic E-state index is -0.129. The number of carbonyl (C=O) groups excluding carboxylic acids is 1. The molecule has 0 saturated carbocycles. The van der Waals surface area contributed by atoms with Crippen LogP contribution in [0.1, 0.15) is 31.3 Å². The first-order chi connectivity index (χ1) is 11.6. The van der Waals surface area contributed by atoms with Crippen LogP contribution >= 0.6 is 0 Å². The summed E-state index contributed by atoms with van der Waals surface area (Å²) in [6.45, 7) is 7.45.